The quantitative estimate of drug-likeness (QED) is 0.563. The number of likely N-dealkylation sites (N-methyl/N-ethyl adjacent to an activating group) is 1. The molecule has 0 saturated carbocycles. The number of hydrogen-bond acceptors (Lipinski definition) is 5. The topological polar surface area (TPSA) is 88.1 Å². The molecule has 1 rings (SSSR count). The molecule has 1 unspecified atom stereocenters. The Labute approximate surface area is 127 Å². The molecular formula is C15H27N5O. The second kappa shape index (κ2) is 7.93. The number of nitrogens with two attached hydrogens (primary N) is 1. The zero-order chi connectivity index (χ0) is 16.0. The van der Waals surface area contributed by atoms with Gasteiger partial charge in [0, 0.05) is 13.7 Å². The van der Waals surface area contributed by atoms with Gasteiger partial charge in [-0.15, -0.1) is 5.10 Å². The molecule has 0 aliphatic heterocycles. The fourth-order valence-electron chi connectivity index (χ4n) is 2.65. The maximum Gasteiger partial charge on any atom is 0.162 e. The highest BCUT2D eigenvalue weighted by Crippen LogP contribution is 2.25. The minimum atomic E-state index is 0.0505. The van der Waals surface area contributed by atoms with Gasteiger partial charge in [0.1, 0.15) is 5.84 Å². The van der Waals surface area contributed by atoms with Crippen molar-refractivity contribution in [3.8, 4) is 0 Å². The summed E-state index contributed by atoms with van der Waals surface area (Å²) in [5.41, 5.74) is 8.50. The lowest BCUT2D eigenvalue weighted by molar-refractivity contribution is 0.181. The Morgan fingerprint density at radius 3 is 2.38 bits per heavy atom. The molecule has 0 spiro atoms. The number of nitrogens with zero attached hydrogens (tertiary/aromatic N) is 3. The second-order valence-electron chi connectivity index (χ2n) is 5.04. The van der Waals surface area contributed by atoms with E-state index in [1.54, 1.807) is 7.11 Å². The summed E-state index contributed by atoms with van der Waals surface area (Å²) < 4.78 is 5.23. The molecule has 0 bridgehead atoms. The number of hydrogen-bond donors (Lipinski definition) is 2. The normalized spacial score (nSPS) is 12.2. The summed E-state index contributed by atoms with van der Waals surface area (Å²) >= 11 is 0. The Balaban J connectivity index is 3.43. The summed E-state index contributed by atoms with van der Waals surface area (Å²) in [5.74, 6) is 0.734. The van der Waals surface area contributed by atoms with Crippen LogP contribution in [0.15, 0.2) is 0 Å². The van der Waals surface area contributed by atoms with Crippen LogP contribution in [-0.2, 0) is 17.6 Å². The smallest absolute Gasteiger partial charge is 0.162 e. The van der Waals surface area contributed by atoms with Gasteiger partial charge in [0.05, 0.1) is 23.9 Å². The Morgan fingerprint density at radius 1 is 1.29 bits per heavy atom. The second-order valence-corrected chi connectivity index (χ2v) is 5.04. The zero-order valence-electron chi connectivity index (χ0n) is 13.7. The molecule has 0 saturated heterocycles. The average molecular weight is 293 g/mol. The predicted octanol–water partition coefficient (Wildman–Crippen LogP) is 1.75. The number of amidine groups is 1. The first-order valence-electron chi connectivity index (χ1n) is 7.49. The van der Waals surface area contributed by atoms with Crippen LogP contribution in [0.4, 0.5) is 5.82 Å². The SMILES string of the molecule is CCc1nnc(N(CC)C(C)COC)c(C(=N)N)c1CC. The maximum absolute atomic E-state index is 7.96. The van der Waals surface area contributed by atoms with Crippen LogP contribution >= 0.6 is 0 Å². The van der Waals surface area contributed by atoms with Crippen LogP contribution in [0, 0.1) is 5.41 Å². The molecule has 0 aliphatic carbocycles. The Morgan fingerprint density at radius 2 is 1.95 bits per heavy atom. The van der Waals surface area contributed by atoms with Crippen molar-refractivity contribution < 1.29 is 4.74 Å². The van der Waals surface area contributed by atoms with Gasteiger partial charge >= 0.3 is 0 Å². The van der Waals surface area contributed by atoms with Gasteiger partial charge in [0.25, 0.3) is 0 Å². The highest BCUT2D eigenvalue weighted by atomic mass is 16.5. The van der Waals surface area contributed by atoms with E-state index in [9.17, 15) is 0 Å². The predicted molar refractivity (Wildman–Crippen MR) is 86.2 cm³/mol. The van der Waals surface area contributed by atoms with Crippen LogP contribution in [0.25, 0.3) is 0 Å². The molecule has 6 heteroatoms. The van der Waals surface area contributed by atoms with Gasteiger partial charge in [-0.25, -0.2) is 0 Å². The van der Waals surface area contributed by atoms with Gasteiger partial charge in [0.15, 0.2) is 5.82 Å². The molecule has 0 aromatic carbocycles. The number of aromatic nitrogens is 2. The third kappa shape index (κ3) is 3.69. The lowest BCUT2D eigenvalue weighted by Gasteiger charge is -2.30. The Bertz CT molecular complexity index is 489. The van der Waals surface area contributed by atoms with Crippen LogP contribution in [0.1, 0.15) is 44.5 Å². The van der Waals surface area contributed by atoms with E-state index in [1.807, 2.05) is 6.92 Å². The number of rotatable bonds is 8. The number of aryl methyl sites for hydroxylation is 1. The van der Waals surface area contributed by atoms with E-state index < -0.39 is 0 Å². The van der Waals surface area contributed by atoms with Gasteiger partial charge < -0.3 is 15.4 Å². The van der Waals surface area contributed by atoms with Crippen molar-refractivity contribution in [2.45, 2.75) is 46.6 Å². The monoisotopic (exact) mass is 293 g/mol. The van der Waals surface area contributed by atoms with Crippen molar-refractivity contribution in [3.05, 3.63) is 16.8 Å². The Hall–Kier alpha value is -1.69. The first-order chi connectivity index (χ1) is 10.0. The molecule has 3 N–H and O–H groups in total. The fourth-order valence-corrected chi connectivity index (χ4v) is 2.65. The van der Waals surface area contributed by atoms with Crippen molar-refractivity contribution in [2.24, 2.45) is 5.73 Å². The standard InChI is InChI=1S/C15H27N5O/c1-6-11-12(7-2)18-19-15(13(11)14(16)17)20(8-3)10(4)9-21-5/h10H,6-9H2,1-5H3,(H3,16,17). The molecule has 118 valence electrons. The number of nitrogen functional groups attached to an aromatic ring is 1. The first-order valence-corrected chi connectivity index (χ1v) is 7.49. The lowest BCUT2D eigenvalue weighted by atomic mass is 10.0. The van der Waals surface area contributed by atoms with E-state index in [0.29, 0.717) is 18.0 Å². The van der Waals surface area contributed by atoms with Crippen LogP contribution < -0.4 is 10.6 Å². The minimum Gasteiger partial charge on any atom is -0.384 e. The van der Waals surface area contributed by atoms with Crippen LogP contribution in [-0.4, -0.2) is 42.3 Å². The summed E-state index contributed by atoms with van der Waals surface area (Å²) in [6.07, 6.45) is 1.58. The zero-order valence-corrected chi connectivity index (χ0v) is 13.7. The molecule has 21 heavy (non-hydrogen) atoms. The van der Waals surface area contributed by atoms with Gasteiger partial charge in [-0.05, 0) is 32.3 Å². The lowest BCUT2D eigenvalue weighted by Crippen LogP contribution is -2.39. The van der Waals surface area contributed by atoms with E-state index in [-0.39, 0.29) is 11.9 Å². The van der Waals surface area contributed by atoms with E-state index in [4.69, 9.17) is 15.9 Å². The molecule has 1 heterocycles. The number of methoxy groups -OCH3 is 1. The molecule has 1 aromatic rings. The third-order valence-electron chi connectivity index (χ3n) is 3.65. The first kappa shape index (κ1) is 17.4. The summed E-state index contributed by atoms with van der Waals surface area (Å²) in [5, 5.41) is 16.6. The molecule has 0 aliphatic rings. The van der Waals surface area contributed by atoms with E-state index in [1.165, 1.54) is 0 Å². The van der Waals surface area contributed by atoms with Gasteiger partial charge in [-0.3, -0.25) is 5.41 Å². The molecule has 1 atom stereocenters. The van der Waals surface area contributed by atoms with Crippen molar-refractivity contribution >= 4 is 11.7 Å². The van der Waals surface area contributed by atoms with Gasteiger partial charge in [-0.2, -0.15) is 5.10 Å². The summed E-state index contributed by atoms with van der Waals surface area (Å²) in [6, 6.07) is 0.143. The van der Waals surface area contributed by atoms with Crippen LogP contribution in [0.5, 0.6) is 0 Å². The van der Waals surface area contributed by atoms with E-state index in [0.717, 1.165) is 30.6 Å². The highest BCUT2D eigenvalue weighted by Gasteiger charge is 2.23. The molecule has 0 fully saturated rings. The molecule has 6 nitrogen and oxygen atoms in total. The van der Waals surface area contributed by atoms with E-state index in [2.05, 4.69) is 35.9 Å². The number of nitrogens with one attached hydrogen (secondary N) is 1. The van der Waals surface area contributed by atoms with Crippen LogP contribution in [0.2, 0.25) is 0 Å². The van der Waals surface area contributed by atoms with Crippen molar-refractivity contribution in [1.29, 1.82) is 5.41 Å². The summed E-state index contributed by atoms with van der Waals surface area (Å²) in [7, 11) is 1.68. The summed E-state index contributed by atoms with van der Waals surface area (Å²) in [6.45, 7) is 9.56. The number of ether oxygens (including phenoxy) is 1. The largest absolute Gasteiger partial charge is 0.384 e. The van der Waals surface area contributed by atoms with Crippen molar-refractivity contribution in [3.63, 3.8) is 0 Å². The fraction of sp³-hybridized carbons (Fsp3) is 0.667. The Kier molecular flexibility index (Phi) is 6.55. The van der Waals surface area contributed by atoms with Crippen molar-refractivity contribution in [1.82, 2.24) is 10.2 Å². The van der Waals surface area contributed by atoms with Gasteiger partial charge in [-0.1, -0.05) is 13.8 Å². The van der Waals surface area contributed by atoms with Gasteiger partial charge in [0.2, 0.25) is 0 Å². The summed E-state index contributed by atoms with van der Waals surface area (Å²) in [4.78, 5) is 2.09. The van der Waals surface area contributed by atoms with E-state index >= 15 is 0 Å². The maximum atomic E-state index is 7.96. The molecule has 0 radical (unpaired) electrons. The third-order valence-corrected chi connectivity index (χ3v) is 3.65. The van der Waals surface area contributed by atoms with Crippen LogP contribution in [0.3, 0.4) is 0 Å². The molecule has 0 amide bonds. The highest BCUT2D eigenvalue weighted by molar-refractivity contribution is 6.01. The molecular weight excluding hydrogens is 266 g/mol. The van der Waals surface area contributed by atoms with Crippen molar-refractivity contribution in [2.75, 3.05) is 25.2 Å². The average Bonchev–Trinajstić information content (AvgIpc) is 2.47. The molecule has 1 aromatic heterocycles. The minimum absolute atomic E-state index is 0.0505. The number of anilines is 1.